The Kier molecular flexibility index (Phi) is 5.44. The highest BCUT2D eigenvalue weighted by atomic mass is 32.2. The normalized spacial score (nSPS) is 17.4. The Labute approximate surface area is 128 Å². The fourth-order valence-corrected chi connectivity index (χ4v) is 1.91. The zero-order valence-electron chi connectivity index (χ0n) is 13.4. The van der Waals surface area contributed by atoms with Gasteiger partial charge in [-0.2, -0.15) is 0 Å². The topological polar surface area (TPSA) is 67.9 Å². The van der Waals surface area contributed by atoms with Gasteiger partial charge in [-0.3, -0.25) is 4.90 Å². The van der Waals surface area contributed by atoms with Crippen LogP contribution in [-0.4, -0.2) is 32.2 Å². The van der Waals surface area contributed by atoms with Crippen LogP contribution in [0.15, 0.2) is 24.4 Å². The summed E-state index contributed by atoms with van der Waals surface area (Å²) in [6.07, 6.45) is 3.86. The molecular formula is C14H24N2O4S. The molecule has 0 radical (unpaired) electrons. The average molecular weight is 316 g/mol. The maximum atomic E-state index is 12.1. The molecule has 0 aromatic carbocycles. The van der Waals surface area contributed by atoms with Gasteiger partial charge < -0.3 is 14.2 Å². The average Bonchev–Trinajstić information content (AvgIpc) is 2.51. The molecule has 6 nitrogen and oxygen atoms in total. The van der Waals surface area contributed by atoms with Crippen molar-refractivity contribution >= 4 is 17.1 Å². The first-order valence-electron chi connectivity index (χ1n) is 6.68. The second kappa shape index (κ2) is 6.51. The molecule has 0 fully saturated rings. The molecule has 0 aliphatic carbocycles. The third kappa shape index (κ3) is 6.20. The first kappa shape index (κ1) is 17.6. The summed E-state index contributed by atoms with van der Waals surface area (Å²) in [6.45, 7) is 11.2. The Morgan fingerprint density at radius 1 is 1.33 bits per heavy atom. The van der Waals surface area contributed by atoms with Gasteiger partial charge in [-0.05, 0) is 41.5 Å². The van der Waals surface area contributed by atoms with Crippen LogP contribution in [0.2, 0.25) is 0 Å². The smallest absolute Gasteiger partial charge is 0.418 e. The van der Waals surface area contributed by atoms with E-state index in [0.29, 0.717) is 5.70 Å². The molecule has 0 spiro atoms. The number of amides is 1. The van der Waals surface area contributed by atoms with Crippen LogP contribution in [0.3, 0.4) is 0 Å². The molecular weight excluding hydrogens is 292 g/mol. The summed E-state index contributed by atoms with van der Waals surface area (Å²) < 4.78 is 25.1. The number of rotatable bonds is 2. The fourth-order valence-electron chi connectivity index (χ4n) is 1.25. The zero-order valence-corrected chi connectivity index (χ0v) is 14.2. The Bertz CT molecular complexity index is 472. The predicted molar refractivity (Wildman–Crippen MR) is 82.3 cm³/mol. The monoisotopic (exact) mass is 316 g/mol. The summed E-state index contributed by atoms with van der Waals surface area (Å²) in [7, 11) is -1.29. The molecule has 21 heavy (non-hydrogen) atoms. The first-order chi connectivity index (χ1) is 9.49. The van der Waals surface area contributed by atoms with E-state index in [-0.39, 0.29) is 6.61 Å². The van der Waals surface area contributed by atoms with E-state index < -0.39 is 27.4 Å². The predicted octanol–water partition coefficient (Wildman–Crippen LogP) is 2.62. The maximum absolute atomic E-state index is 12.1. The van der Waals surface area contributed by atoms with Gasteiger partial charge >= 0.3 is 6.09 Å². The van der Waals surface area contributed by atoms with Crippen LogP contribution < -0.4 is 4.72 Å². The van der Waals surface area contributed by atoms with Crippen molar-refractivity contribution in [3.8, 4) is 0 Å². The standard InChI is InChI=1S/C14H24N2O4S/c1-13(2,3)20-12(17)16-7-8-19-10-11(9-16)15-21(18)14(4,5)6/h7-9,15H,10H2,1-6H3. The molecule has 1 atom stereocenters. The molecule has 120 valence electrons. The molecule has 1 aliphatic rings. The Morgan fingerprint density at radius 2 is 1.95 bits per heavy atom. The number of nitrogens with one attached hydrogen (secondary N) is 1. The molecule has 1 amide bonds. The molecule has 1 heterocycles. The van der Waals surface area contributed by atoms with Crippen LogP contribution in [0.4, 0.5) is 4.79 Å². The molecule has 7 heteroatoms. The van der Waals surface area contributed by atoms with Crippen LogP contribution >= 0.6 is 0 Å². The first-order valence-corrected chi connectivity index (χ1v) is 7.83. The molecule has 1 aliphatic heterocycles. The molecule has 0 aromatic heterocycles. The SMILES string of the molecule is CC(C)(C)OC(=O)N1C=COCC(NS(=O)C(C)(C)C)=C1. The van der Waals surface area contributed by atoms with E-state index >= 15 is 0 Å². The van der Waals surface area contributed by atoms with Gasteiger partial charge in [0.15, 0.2) is 0 Å². The van der Waals surface area contributed by atoms with E-state index in [9.17, 15) is 9.00 Å². The third-order valence-corrected chi connectivity index (χ3v) is 3.80. The highest BCUT2D eigenvalue weighted by Crippen LogP contribution is 2.15. The van der Waals surface area contributed by atoms with Crippen LogP contribution in [0.5, 0.6) is 0 Å². The second-order valence-corrected chi connectivity index (χ2v) is 8.59. The summed E-state index contributed by atoms with van der Waals surface area (Å²) in [5.74, 6) is 0. The summed E-state index contributed by atoms with van der Waals surface area (Å²) in [6, 6.07) is 0. The summed E-state index contributed by atoms with van der Waals surface area (Å²) in [4.78, 5) is 13.3. The van der Waals surface area contributed by atoms with Crippen molar-refractivity contribution in [3.05, 3.63) is 24.4 Å². The second-order valence-electron chi connectivity index (χ2n) is 6.62. The molecule has 0 saturated heterocycles. The minimum Gasteiger partial charge on any atom is -0.493 e. The van der Waals surface area contributed by atoms with Gasteiger partial charge in [0.25, 0.3) is 0 Å². The van der Waals surface area contributed by atoms with Crippen LogP contribution in [0.25, 0.3) is 0 Å². The number of hydrogen-bond acceptors (Lipinski definition) is 4. The number of ether oxygens (including phenoxy) is 2. The number of hydrogen-bond donors (Lipinski definition) is 1. The van der Waals surface area contributed by atoms with Crippen LogP contribution in [0.1, 0.15) is 41.5 Å². The highest BCUT2D eigenvalue weighted by Gasteiger charge is 2.24. The van der Waals surface area contributed by atoms with E-state index in [1.165, 1.54) is 23.6 Å². The van der Waals surface area contributed by atoms with Gasteiger partial charge in [-0.15, -0.1) is 0 Å². The third-order valence-electron chi connectivity index (χ3n) is 2.24. The Morgan fingerprint density at radius 3 is 2.48 bits per heavy atom. The van der Waals surface area contributed by atoms with Crippen molar-refractivity contribution in [1.29, 1.82) is 0 Å². The van der Waals surface area contributed by atoms with E-state index in [1.54, 1.807) is 20.8 Å². The lowest BCUT2D eigenvalue weighted by Gasteiger charge is -2.23. The summed E-state index contributed by atoms with van der Waals surface area (Å²) in [5, 5.41) is 0. The fraction of sp³-hybridized carbons (Fsp3) is 0.643. The molecule has 1 rings (SSSR count). The largest absolute Gasteiger partial charge is 0.493 e. The van der Waals surface area contributed by atoms with Crippen LogP contribution in [0, 0.1) is 0 Å². The van der Waals surface area contributed by atoms with E-state index in [2.05, 4.69) is 4.72 Å². The number of nitrogens with zero attached hydrogens (tertiary/aromatic N) is 1. The Hall–Kier alpha value is -1.50. The van der Waals surface area contributed by atoms with E-state index in [4.69, 9.17) is 9.47 Å². The van der Waals surface area contributed by atoms with Gasteiger partial charge in [0.1, 0.15) is 29.5 Å². The van der Waals surface area contributed by atoms with Crippen molar-refractivity contribution in [1.82, 2.24) is 9.62 Å². The lowest BCUT2D eigenvalue weighted by Crippen LogP contribution is -2.35. The van der Waals surface area contributed by atoms with Crippen molar-refractivity contribution in [3.63, 3.8) is 0 Å². The molecule has 0 bridgehead atoms. The van der Waals surface area contributed by atoms with Gasteiger partial charge in [-0.1, -0.05) is 0 Å². The lowest BCUT2D eigenvalue weighted by atomic mass is 10.2. The van der Waals surface area contributed by atoms with E-state index in [0.717, 1.165) is 0 Å². The number of carbonyl (C=O) groups excluding carboxylic acids is 1. The van der Waals surface area contributed by atoms with Crippen LogP contribution in [-0.2, 0) is 20.5 Å². The van der Waals surface area contributed by atoms with Gasteiger partial charge in [0.2, 0.25) is 0 Å². The van der Waals surface area contributed by atoms with Crippen molar-refractivity contribution < 1.29 is 18.5 Å². The maximum Gasteiger partial charge on any atom is 0.418 e. The molecule has 0 saturated carbocycles. The number of carbonyl (C=O) groups is 1. The summed E-state index contributed by atoms with van der Waals surface area (Å²) in [5.41, 5.74) is -0.0487. The Balaban J connectivity index is 2.83. The quantitative estimate of drug-likeness (QED) is 0.850. The van der Waals surface area contributed by atoms with Crippen molar-refractivity contribution in [2.24, 2.45) is 0 Å². The summed E-state index contributed by atoms with van der Waals surface area (Å²) >= 11 is 0. The zero-order chi connectivity index (χ0) is 16.3. The molecule has 1 N–H and O–H groups in total. The van der Waals surface area contributed by atoms with Gasteiger partial charge in [0.05, 0.1) is 10.4 Å². The van der Waals surface area contributed by atoms with Gasteiger partial charge in [-0.25, -0.2) is 9.00 Å². The highest BCUT2D eigenvalue weighted by molar-refractivity contribution is 7.84. The van der Waals surface area contributed by atoms with Gasteiger partial charge in [0, 0.05) is 12.4 Å². The minimum atomic E-state index is -1.29. The molecule has 0 aromatic rings. The van der Waals surface area contributed by atoms with Crippen molar-refractivity contribution in [2.75, 3.05) is 6.61 Å². The van der Waals surface area contributed by atoms with Crippen molar-refractivity contribution in [2.45, 2.75) is 51.9 Å². The molecule has 1 unspecified atom stereocenters. The minimum absolute atomic E-state index is 0.206. The van der Waals surface area contributed by atoms with E-state index in [1.807, 2.05) is 20.8 Å². The lowest BCUT2D eigenvalue weighted by molar-refractivity contribution is 0.0397.